The van der Waals surface area contributed by atoms with Crippen LogP contribution in [0.3, 0.4) is 0 Å². The topological polar surface area (TPSA) is 45.8 Å². The average Bonchev–Trinajstić information content (AvgIpc) is 3.12. The molecule has 0 amide bonds. The first kappa shape index (κ1) is 12.1. The molecule has 3 nitrogen and oxygen atoms in total. The molecule has 1 aliphatic carbocycles. The van der Waals surface area contributed by atoms with Crippen LogP contribution in [0.2, 0.25) is 0 Å². The Morgan fingerprint density at radius 2 is 2.25 bits per heavy atom. The summed E-state index contributed by atoms with van der Waals surface area (Å²) in [5.41, 5.74) is 2.36. The molecule has 1 aliphatic rings. The summed E-state index contributed by atoms with van der Waals surface area (Å²) in [5, 5.41) is 4.91. The Labute approximate surface area is 123 Å². The molecule has 3 heterocycles. The summed E-state index contributed by atoms with van der Waals surface area (Å²) in [6.45, 7) is 0. The number of fused-ring (bicyclic) bond motifs is 3. The number of hydrogen-bond donors (Lipinski definition) is 1. The average molecular weight is 300 g/mol. The van der Waals surface area contributed by atoms with Gasteiger partial charge in [-0.3, -0.25) is 4.79 Å². The Morgan fingerprint density at radius 1 is 1.30 bits per heavy atom. The number of thiophene rings is 2. The van der Waals surface area contributed by atoms with Gasteiger partial charge in [0, 0.05) is 4.88 Å². The van der Waals surface area contributed by atoms with E-state index >= 15 is 0 Å². The van der Waals surface area contributed by atoms with Gasteiger partial charge in [0.15, 0.2) is 0 Å². The van der Waals surface area contributed by atoms with Crippen molar-refractivity contribution >= 4 is 45.0 Å². The third-order valence-corrected chi connectivity index (χ3v) is 5.46. The maximum Gasteiger partial charge on any atom is 0.260 e. The normalized spacial score (nSPS) is 14.4. The molecule has 0 aromatic carbocycles. The fraction of sp³-hybridized carbons (Fsp3) is 0.200. The summed E-state index contributed by atoms with van der Waals surface area (Å²) in [4.78, 5) is 21.9. The van der Waals surface area contributed by atoms with E-state index in [0.29, 0.717) is 5.82 Å². The van der Waals surface area contributed by atoms with E-state index in [0.717, 1.165) is 35.0 Å². The van der Waals surface area contributed by atoms with Crippen LogP contribution in [0, 0.1) is 0 Å². The molecule has 0 fully saturated rings. The van der Waals surface area contributed by atoms with Gasteiger partial charge >= 0.3 is 0 Å². The second-order valence-corrected chi connectivity index (χ2v) is 6.74. The van der Waals surface area contributed by atoms with Crippen LogP contribution in [0.4, 0.5) is 0 Å². The van der Waals surface area contributed by atoms with Gasteiger partial charge in [0.25, 0.3) is 5.56 Å². The van der Waals surface area contributed by atoms with Crippen LogP contribution < -0.4 is 5.56 Å². The molecule has 5 heteroatoms. The highest BCUT2D eigenvalue weighted by molar-refractivity contribution is 7.18. The lowest BCUT2D eigenvalue weighted by Gasteiger charge is -1.96. The van der Waals surface area contributed by atoms with Crippen LogP contribution >= 0.6 is 22.7 Å². The van der Waals surface area contributed by atoms with Crippen LogP contribution in [0.1, 0.15) is 28.2 Å². The molecule has 3 aromatic rings. The summed E-state index contributed by atoms with van der Waals surface area (Å²) in [6, 6.07) is 2.04. The molecular weight excluding hydrogens is 288 g/mol. The van der Waals surface area contributed by atoms with Gasteiger partial charge in [-0.15, -0.1) is 11.3 Å². The third-order valence-electron chi connectivity index (χ3n) is 3.57. The number of rotatable bonds is 2. The standard InChI is InChI=1S/C15H12N2OS2/c18-14-13-10-2-1-3-11(10)20-15(13)17-12(16-14)5-4-9-6-7-19-8-9/h4-8H,1-3H2,(H,16,17,18)/b5-4+. The van der Waals surface area contributed by atoms with Gasteiger partial charge in [-0.1, -0.05) is 6.08 Å². The van der Waals surface area contributed by atoms with Crippen molar-refractivity contribution in [2.45, 2.75) is 19.3 Å². The van der Waals surface area contributed by atoms with Crippen molar-refractivity contribution in [2.24, 2.45) is 0 Å². The predicted molar refractivity (Wildman–Crippen MR) is 85.5 cm³/mol. The van der Waals surface area contributed by atoms with Crippen molar-refractivity contribution in [3.05, 3.63) is 49.0 Å². The molecule has 0 unspecified atom stereocenters. The molecular formula is C15H12N2OS2. The van der Waals surface area contributed by atoms with Gasteiger partial charge in [-0.2, -0.15) is 11.3 Å². The van der Waals surface area contributed by atoms with E-state index in [-0.39, 0.29) is 5.56 Å². The third kappa shape index (κ3) is 1.94. The van der Waals surface area contributed by atoms with Crippen molar-refractivity contribution < 1.29 is 0 Å². The van der Waals surface area contributed by atoms with Gasteiger partial charge in [-0.05, 0) is 53.3 Å². The Balaban J connectivity index is 1.81. The predicted octanol–water partition coefficient (Wildman–Crippen LogP) is 3.71. The summed E-state index contributed by atoms with van der Waals surface area (Å²) in [6.07, 6.45) is 7.12. The second kappa shape index (κ2) is 4.68. The minimum atomic E-state index is -0.000585. The molecule has 0 radical (unpaired) electrons. The Kier molecular flexibility index (Phi) is 2.82. The van der Waals surface area contributed by atoms with Crippen molar-refractivity contribution in [2.75, 3.05) is 0 Å². The van der Waals surface area contributed by atoms with Gasteiger partial charge < -0.3 is 4.98 Å². The van der Waals surface area contributed by atoms with Crippen molar-refractivity contribution in [3.63, 3.8) is 0 Å². The Morgan fingerprint density at radius 3 is 3.10 bits per heavy atom. The Bertz CT molecular complexity index is 856. The van der Waals surface area contributed by atoms with Crippen LogP contribution in [-0.4, -0.2) is 9.97 Å². The molecule has 100 valence electrons. The van der Waals surface area contributed by atoms with E-state index in [1.165, 1.54) is 10.4 Å². The minimum absolute atomic E-state index is 0.000585. The number of aryl methyl sites for hydroxylation is 2. The van der Waals surface area contributed by atoms with Crippen molar-refractivity contribution in [1.29, 1.82) is 0 Å². The summed E-state index contributed by atoms with van der Waals surface area (Å²) < 4.78 is 0. The smallest absolute Gasteiger partial charge is 0.260 e. The Hall–Kier alpha value is -1.72. The van der Waals surface area contributed by atoms with Crippen LogP contribution in [0.5, 0.6) is 0 Å². The van der Waals surface area contributed by atoms with E-state index in [9.17, 15) is 4.79 Å². The molecule has 0 atom stereocenters. The maximum atomic E-state index is 12.3. The number of nitrogens with zero attached hydrogens (tertiary/aromatic N) is 1. The first-order valence-electron chi connectivity index (χ1n) is 6.56. The summed E-state index contributed by atoms with van der Waals surface area (Å²) in [5.74, 6) is 0.633. The number of hydrogen-bond acceptors (Lipinski definition) is 4. The first-order chi connectivity index (χ1) is 9.81. The fourth-order valence-electron chi connectivity index (χ4n) is 2.64. The lowest BCUT2D eigenvalue weighted by molar-refractivity contribution is 0.916. The van der Waals surface area contributed by atoms with E-state index in [4.69, 9.17) is 0 Å². The van der Waals surface area contributed by atoms with Gasteiger partial charge in [0.05, 0.1) is 5.39 Å². The second-order valence-electron chi connectivity index (χ2n) is 4.88. The van der Waals surface area contributed by atoms with Gasteiger partial charge in [0.2, 0.25) is 0 Å². The summed E-state index contributed by atoms with van der Waals surface area (Å²) >= 11 is 3.33. The molecule has 0 spiro atoms. The molecule has 0 aliphatic heterocycles. The molecule has 0 saturated heterocycles. The molecule has 0 bridgehead atoms. The van der Waals surface area contributed by atoms with E-state index in [1.807, 2.05) is 23.6 Å². The van der Waals surface area contributed by atoms with E-state index in [1.54, 1.807) is 22.7 Å². The molecule has 1 N–H and O–H groups in total. The largest absolute Gasteiger partial charge is 0.306 e. The zero-order valence-electron chi connectivity index (χ0n) is 10.7. The lowest BCUT2D eigenvalue weighted by Crippen LogP contribution is -2.09. The minimum Gasteiger partial charge on any atom is -0.306 e. The highest BCUT2D eigenvalue weighted by atomic mass is 32.1. The van der Waals surface area contributed by atoms with Crippen molar-refractivity contribution in [1.82, 2.24) is 9.97 Å². The van der Waals surface area contributed by atoms with E-state index < -0.39 is 0 Å². The summed E-state index contributed by atoms with van der Waals surface area (Å²) in [7, 11) is 0. The monoisotopic (exact) mass is 300 g/mol. The number of aromatic nitrogens is 2. The lowest BCUT2D eigenvalue weighted by atomic mass is 10.2. The van der Waals surface area contributed by atoms with E-state index in [2.05, 4.69) is 15.3 Å². The molecule has 20 heavy (non-hydrogen) atoms. The van der Waals surface area contributed by atoms with Crippen molar-refractivity contribution in [3.8, 4) is 0 Å². The zero-order valence-corrected chi connectivity index (χ0v) is 12.3. The van der Waals surface area contributed by atoms with Crippen LogP contribution in [0.15, 0.2) is 21.6 Å². The highest BCUT2D eigenvalue weighted by Gasteiger charge is 2.20. The number of aromatic amines is 1. The molecule has 0 saturated carbocycles. The van der Waals surface area contributed by atoms with Gasteiger partial charge in [0.1, 0.15) is 10.7 Å². The van der Waals surface area contributed by atoms with Gasteiger partial charge in [-0.25, -0.2) is 4.98 Å². The zero-order chi connectivity index (χ0) is 13.5. The number of nitrogens with one attached hydrogen (secondary N) is 1. The SMILES string of the molecule is O=c1[nH]c(/C=C/c2ccsc2)nc2sc3c(c12)CCC3. The highest BCUT2D eigenvalue weighted by Crippen LogP contribution is 2.34. The quantitative estimate of drug-likeness (QED) is 0.784. The number of H-pyrrole nitrogens is 1. The maximum absolute atomic E-state index is 12.3. The molecule has 4 rings (SSSR count). The molecule has 3 aromatic heterocycles. The first-order valence-corrected chi connectivity index (χ1v) is 8.32. The fourth-order valence-corrected chi connectivity index (χ4v) is 4.54. The van der Waals surface area contributed by atoms with Crippen LogP contribution in [0.25, 0.3) is 22.4 Å². The van der Waals surface area contributed by atoms with Crippen LogP contribution in [-0.2, 0) is 12.8 Å².